The summed E-state index contributed by atoms with van der Waals surface area (Å²) in [5.74, 6) is 0.647. The molecule has 0 saturated carbocycles. The molecule has 1 rings (SSSR count). The Morgan fingerprint density at radius 1 is 1.58 bits per heavy atom. The number of hydrogen-bond donors (Lipinski definition) is 0. The van der Waals surface area contributed by atoms with E-state index in [0.29, 0.717) is 11.1 Å². The van der Waals surface area contributed by atoms with E-state index in [1.54, 1.807) is 18.1 Å². The van der Waals surface area contributed by atoms with E-state index in [0.717, 1.165) is 10.7 Å². The Morgan fingerprint density at radius 2 is 2.33 bits per heavy atom. The first kappa shape index (κ1) is 9.81. The Bertz CT molecular complexity index is 255. The van der Waals surface area contributed by atoms with Crippen LogP contribution in [0.5, 0.6) is 0 Å². The fourth-order valence-corrected chi connectivity index (χ4v) is 1.74. The Kier molecular flexibility index (Phi) is 3.82. The van der Waals surface area contributed by atoms with Gasteiger partial charge >= 0.3 is 0 Å². The molecule has 1 aromatic rings. The molecule has 0 saturated heterocycles. The lowest BCUT2D eigenvalue weighted by Crippen LogP contribution is -1.98. The molecule has 0 aromatic carbocycles. The van der Waals surface area contributed by atoms with Crippen LogP contribution in [0.15, 0.2) is 17.4 Å². The third-order valence-electron chi connectivity index (χ3n) is 1.32. The van der Waals surface area contributed by atoms with Crippen molar-refractivity contribution in [1.82, 2.24) is 9.97 Å². The summed E-state index contributed by atoms with van der Waals surface area (Å²) in [4.78, 5) is 8.14. The van der Waals surface area contributed by atoms with Gasteiger partial charge in [0, 0.05) is 16.8 Å². The van der Waals surface area contributed by atoms with E-state index in [1.165, 1.54) is 0 Å². The highest BCUT2D eigenvalue weighted by molar-refractivity contribution is 7.99. The van der Waals surface area contributed by atoms with Crippen LogP contribution in [-0.4, -0.2) is 21.1 Å². The molecule has 2 nitrogen and oxygen atoms in total. The predicted octanol–water partition coefficient (Wildman–Crippen LogP) is 2.50. The molecule has 0 aliphatic heterocycles. The zero-order valence-corrected chi connectivity index (χ0v) is 8.69. The van der Waals surface area contributed by atoms with Gasteiger partial charge in [0.2, 0.25) is 0 Å². The molecule has 0 spiro atoms. The van der Waals surface area contributed by atoms with Crippen LogP contribution < -0.4 is 0 Å². The number of aromatic nitrogens is 2. The lowest BCUT2D eigenvalue weighted by molar-refractivity contribution is 0.995. The third kappa shape index (κ3) is 2.99. The molecule has 4 heteroatoms. The van der Waals surface area contributed by atoms with Crippen molar-refractivity contribution in [1.29, 1.82) is 0 Å². The summed E-state index contributed by atoms with van der Waals surface area (Å²) in [6, 6.07) is 1.97. The van der Waals surface area contributed by atoms with Gasteiger partial charge in [0.1, 0.15) is 6.33 Å². The summed E-state index contributed by atoms with van der Waals surface area (Å²) < 4.78 is 0. The maximum absolute atomic E-state index is 5.68. The predicted molar refractivity (Wildman–Crippen MR) is 52.8 cm³/mol. The highest BCUT2D eigenvalue weighted by Gasteiger charge is 2.03. The van der Waals surface area contributed by atoms with Gasteiger partial charge in [-0.05, 0) is 13.0 Å². The van der Waals surface area contributed by atoms with Gasteiger partial charge in [-0.15, -0.1) is 23.4 Å². The quantitative estimate of drug-likeness (QED) is 0.428. The molecule has 0 N–H and O–H groups in total. The maximum atomic E-state index is 5.68. The van der Waals surface area contributed by atoms with Gasteiger partial charge in [-0.1, -0.05) is 6.92 Å². The van der Waals surface area contributed by atoms with Gasteiger partial charge in [-0.3, -0.25) is 0 Å². The summed E-state index contributed by atoms with van der Waals surface area (Å²) in [6.45, 7) is 4.03. The van der Waals surface area contributed by atoms with E-state index < -0.39 is 0 Å². The number of alkyl halides is 1. The molecule has 66 valence electrons. The zero-order valence-electron chi connectivity index (χ0n) is 7.12. The fourth-order valence-electron chi connectivity index (χ4n) is 0.732. The Morgan fingerprint density at radius 3 is 2.92 bits per heavy atom. The molecule has 1 unspecified atom stereocenters. The van der Waals surface area contributed by atoms with Crippen molar-refractivity contribution in [2.75, 3.05) is 5.88 Å². The Balaban J connectivity index is 2.63. The van der Waals surface area contributed by atoms with Crippen LogP contribution in [0.3, 0.4) is 0 Å². The molecule has 0 fully saturated rings. The molecule has 1 aromatic heterocycles. The molecule has 1 atom stereocenters. The number of aryl methyl sites for hydroxylation is 1. The van der Waals surface area contributed by atoms with Gasteiger partial charge in [0.05, 0.1) is 5.03 Å². The minimum Gasteiger partial charge on any atom is -0.242 e. The molecule has 0 aliphatic carbocycles. The van der Waals surface area contributed by atoms with Crippen LogP contribution in [0, 0.1) is 6.92 Å². The molecule has 0 radical (unpaired) electrons. The zero-order chi connectivity index (χ0) is 8.97. The first-order valence-electron chi connectivity index (χ1n) is 3.73. The average molecular weight is 203 g/mol. The van der Waals surface area contributed by atoms with Crippen LogP contribution in [0.2, 0.25) is 0 Å². The van der Waals surface area contributed by atoms with Crippen LogP contribution in [0.1, 0.15) is 12.6 Å². The fraction of sp³-hybridized carbons (Fsp3) is 0.500. The van der Waals surface area contributed by atoms with Gasteiger partial charge in [-0.2, -0.15) is 0 Å². The standard InChI is InChI=1S/C8H11ClN2S/c1-6-3-8(11-5-10-6)12-7(2)4-9/h3,5,7H,4H2,1-2H3. The smallest absolute Gasteiger partial charge is 0.116 e. The van der Waals surface area contributed by atoms with Crippen molar-refractivity contribution >= 4 is 23.4 Å². The van der Waals surface area contributed by atoms with Crippen LogP contribution in [0.4, 0.5) is 0 Å². The molecule has 12 heavy (non-hydrogen) atoms. The second-order valence-corrected chi connectivity index (χ2v) is 4.35. The SMILES string of the molecule is Cc1cc(SC(C)CCl)ncn1. The number of halogens is 1. The summed E-state index contributed by atoms with van der Waals surface area (Å²) in [5.41, 5.74) is 0.995. The summed E-state index contributed by atoms with van der Waals surface area (Å²) >= 11 is 7.35. The highest BCUT2D eigenvalue weighted by atomic mass is 35.5. The first-order valence-corrected chi connectivity index (χ1v) is 5.15. The molecular weight excluding hydrogens is 192 g/mol. The number of nitrogens with zero attached hydrogens (tertiary/aromatic N) is 2. The first-order chi connectivity index (χ1) is 5.72. The van der Waals surface area contributed by atoms with Crippen molar-refractivity contribution < 1.29 is 0 Å². The van der Waals surface area contributed by atoms with E-state index in [2.05, 4.69) is 16.9 Å². The van der Waals surface area contributed by atoms with Gasteiger partial charge < -0.3 is 0 Å². The van der Waals surface area contributed by atoms with E-state index in [1.807, 2.05) is 13.0 Å². The number of hydrogen-bond acceptors (Lipinski definition) is 3. The summed E-state index contributed by atoms with van der Waals surface area (Å²) in [6.07, 6.45) is 1.58. The molecule has 0 amide bonds. The van der Waals surface area contributed by atoms with Gasteiger partial charge in [0.25, 0.3) is 0 Å². The third-order valence-corrected chi connectivity index (χ3v) is 3.00. The van der Waals surface area contributed by atoms with Crippen molar-refractivity contribution in [3.05, 3.63) is 18.1 Å². The minimum atomic E-state index is 0.404. The lowest BCUT2D eigenvalue weighted by atomic mass is 10.5. The molecular formula is C8H11ClN2S. The summed E-state index contributed by atoms with van der Waals surface area (Å²) in [5, 5.41) is 1.40. The van der Waals surface area contributed by atoms with Crippen molar-refractivity contribution in [3.63, 3.8) is 0 Å². The molecule has 0 aliphatic rings. The van der Waals surface area contributed by atoms with E-state index in [9.17, 15) is 0 Å². The maximum Gasteiger partial charge on any atom is 0.116 e. The van der Waals surface area contributed by atoms with Crippen molar-refractivity contribution in [3.8, 4) is 0 Å². The Hall–Kier alpha value is -0.280. The largest absolute Gasteiger partial charge is 0.242 e. The second-order valence-electron chi connectivity index (χ2n) is 2.58. The van der Waals surface area contributed by atoms with E-state index in [-0.39, 0.29) is 0 Å². The minimum absolute atomic E-state index is 0.404. The van der Waals surface area contributed by atoms with Crippen LogP contribution in [0.25, 0.3) is 0 Å². The van der Waals surface area contributed by atoms with E-state index in [4.69, 9.17) is 11.6 Å². The van der Waals surface area contributed by atoms with Crippen LogP contribution >= 0.6 is 23.4 Å². The number of rotatable bonds is 3. The highest BCUT2D eigenvalue weighted by Crippen LogP contribution is 2.21. The topological polar surface area (TPSA) is 25.8 Å². The average Bonchev–Trinajstić information content (AvgIpc) is 2.04. The normalized spacial score (nSPS) is 12.9. The lowest BCUT2D eigenvalue weighted by Gasteiger charge is -2.05. The van der Waals surface area contributed by atoms with Crippen molar-refractivity contribution in [2.45, 2.75) is 24.1 Å². The monoisotopic (exact) mass is 202 g/mol. The van der Waals surface area contributed by atoms with E-state index >= 15 is 0 Å². The van der Waals surface area contributed by atoms with Gasteiger partial charge in [-0.25, -0.2) is 9.97 Å². The second kappa shape index (κ2) is 4.67. The van der Waals surface area contributed by atoms with Crippen molar-refractivity contribution in [2.24, 2.45) is 0 Å². The van der Waals surface area contributed by atoms with Gasteiger partial charge in [0.15, 0.2) is 0 Å². The Labute approximate surface area is 81.8 Å². The summed E-state index contributed by atoms with van der Waals surface area (Å²) in [7, 11) is 0. The molecule has 1 heterocycles. The van der Waals surface area contributed by atoms with Crippen LogP contribution in [-0.2, 0) is 0 Å². The number of thioether (sulfide) groups is 1. The molecule has 0 bridgehead atoms.